The van der Waals surface area contributed by atoms with Crippen LogP contribution in [0.3, 0.4) is 0 Å². The second-order valence-electron chi connectivity index (χ2n) is 13.1. The van der Waals surface area contributed by atoms with Gasteiger partial charge in [0.1, 0.15) is 23.3 Å². The highest BCUT2D eigenvalue weighted by Gasteiger charge is 2.49. The number of nitrogens with zero attached hydrogens (tertiary/aromatic N) is 1. The van der Waals surface area contributed by atoms with Gasteiger partial charge < -0.3 is 35.4 Å². The van der Waals surface area contributed by atoms with E-state index in [1.807, 2.05) is 43.3 Å². The molecule has 2 aromatic rings. The van der Waals surface area contributed by atoms with Crippen LogP contribution in [-0.2, 0) is 30.4 Å². The van der Waals surface area contributed by atoms with Gasteiger partial charge >= 0.3 is 17.9 Å². The lowest BCUT2D eigenvalue weighted by atomic mass is 9.82. The summed E-state index contributed by atoms with van der Waals surface area (Å²) in [6, 6.07) is 12.5. The molecular weight excluding hydrogens is 656 g/mol. The number of carboxylic acids is 3. The van der Waals surface area contributed by atoms with Crippen LogP contribution in [0.1, 0.15) is 96.0 Å². The van der Waals surface area contributed by atoms with Crippen LogP contribution in [0.15, 0.2) is 60.7 Å². The summed E-state index contributed by atoms with van der Waals surface area (Å²) < 4.78 is 5.86. The number of nitrogens with one attached hydrogen (secondary N) is 1. The maximum atomic E-state index is 13.4. The molecule has 0 fully saturated rings. The summed E-state index contributed by atoms with van der Waals surface area (Å²) in [4.78, 5) is 63.2. The summed E-state index contributed by atoms with van der Waals surface area (Å²) in [5.41, 5.74) is -1.50. The fraction of sp³-hybridized carbons (Fsp3) is 0.513. The molecule has 3 atom stereocenters. The third-order valence-electron chi connectivity index (χ3n) is 8.62. The van der Waals surface area contributed by atoms with Crippen LogP contribution in [0, 0.1) is 5.92 Å². The zero-order chi connectivity index (χ0) is 37.8. The molecule has 5 N–H and O–H groups in total. The molecule has 0 aliphatic rings. The topological polar surface area (TPSA) is 191 Å². The molecule has 0 aliphatic carbocycles. The predicted octanol–water partition coefficient (Wildman–Crippen LogP) is 6.39. The number of aliphatic hydroxyl groups is 1. The van der Waals surface area contributed by atoms with Crippen LogP contribution in [0.25, 0.3) is 0 Å². The summed E-state index contributed by atoms with van der Waals surface area (Å²) >= 11 is 0. The Morgan fingerprint density at radius 1 is 0.804 bits per heavy atom. The lowest BCUT2D eigenvalue weighted by Crippen LogP contribution is -2.55. The van der Waals surface area contributed by atoms with Crippen molar-refractivity contribution in [3.8, 4) is 11.5 Å². The van der Waals surface area contributed by atoms with Crippen LogP contribution >= 0.6 is 0 Å². The number of carboxylic acid groups (broad SMARTS) is 3. The summed E-state index contributed by atoms with van der Waals surface area (Å²) in [7, 11) is 3.85. The molecule has 0 saturated heterocycles. The SMILES string of the molecule is CCCCCCCC(=O)CCCCCC/C=C/[C@H](C(=O)N[C@@H](Cc1ccc(Oc2ccc(N(C)C)cc2)cc1)C(=O)O)[C@@](O)(CC(=O)O)C(=O)O. The molecule has 0 spiro atoms. The molecule has 0 saturated carbocycles. The van der Waals surface area contributed by atoms with E-state index in [4.69, 9.17) is 4.74 Å². The number of unbranched alkanes of at least 4 members (excludes halogenated alkanes) is 8. The summed E-state index contributed by atoms with van der Waals surface area (Å²) in [5, 5.41) is 42.3. The van der Waals surface area contributed by atoms with Gasteiger partial charge in [0.2, 0.25) is 5.91 Å². The Hall–Kier alpha value is -4.71. The Labute approximate surface area is 300 Å². The number of allylic oxidation sites excluding steroid dienone is 1. The first-order valence-corrected chi connectivity index (χ1v) is 17.7. The maximum absolute atomic E-state index is 13.4. The number of amides is 1. The van der Waals surface area contributed by atoms with E-state index >= 15 is 0 Å². The number of ketones is 1. The van der Waals surface area contributed by atoms with Gasteiger partial charge in [0, 0.05) is 39.0 Å². The number of benzene rings is 2. The summed E-state index contributed by atoms with van der Waals surface area (Å²) in [5.74, 6) is -6.64. The van der Waals surface area contributed by atoms with E-state index in [0.29, 0.717) is 42.7 Å². The van der Waals surface area contributed by atoms with Crippen molar-refractivity contribution in [2.45, 2.75) is 108 Å². The molecule has 12 nitrogen and oxygen atoms in total. The van der Waals surface area contributed by atoms with Crippen molar-refractivity contribution in [3.63, 3.8) is 0 Å². The van der Waals surface area contributed by atoms with Gasteiger partial charge in [-0.3, -0.25) is 14.4 Å². The largest absolute Gasteiger partial charge is 0.481 e. The van der Waals surface area contributed by atoms with E-state index in [-0.39, 0.29) is 12.2 Å². The Kier molecular flexibility index (Phi) is 18.5. The fourth-order valence-corrected chi connectivity index (χ4v) is 5.57. The maximum Gasteiger partial charge on any atom is 0.337 e. The molecular formula is C39H54N2O10. The number of anilines is 1. The van der Waals surface area contributed by atoms with Crippen molar-refractivity contribution in [1.82, 2.24) is 5.32 Å². The second kappa shape index (κ2) is 22.2. The van der Waals surface area contributed by atoms with Crippen LogP contribution in [0.2, 0.25) is 0 Å². The highest BCUT2D eigenvalue weighted by Crippen LogP contribution is 2.27. The third-order valence-corrected chi connectivity index (χ3v) is 8.62. The monoisotopic (exact) mass is 710 g/mol. The molecule has 280 valence electrons. The highest BCUT2D eigenvalue weighted by molar-refractivity contribution is 5.94. The highest BCUT2D eigenvalue weighted by atomic mass is 16.5. The Morgan fingerprint density at radius 3 is 1.86 bits per heavy atom. The van der Waals surface area contributed by atoms with E-state index in [1.54, 1.807) is 24.3 Å². The lowest BCUT2D eigenvalue weighted by Gasteiger charge is -2.29. The number of ether oxygens (including phenoxy) is 1. The van der Waals surface area contributed by atoms with Gasteiger partial charge in [0.15, 0.2) is 5.60 Å². The molecule has 51 heavy (non-hydrogen) atoms. The second-order valence-corrected chi connectivity index (χ2v) is 13.1. The zero-order valence-corrected chi connectivity index (χ0v) is 30.0. The van der Waals surface area contributed by atoms with Gasteiger partial charge in [-0.2, -0.15) is 0 Å². The Morgan fingerprint density at radius 2 is 1.35 bits per heavy atom. The first kappa shape index (κ1) is 42.5. The van der Waals surface area contributed by atoms with Crippen molar-refractivity contribution in [2.24, 2.45) is 5.92 Å². The average Bonchev–Trinajstić information content (AvgIpc) is 3.07. The number of carbonyl (C=O) groups excluding carboxylic acids is 2. The minimum atomic E-state index is -3.03. The summed E-state index contributed by atoms with van der Waals surface area (Å²) in [6.07, 6.45) is 11.2. The predicted molar refractivity (Wildman–Crippen MR) is 194 cm³/mol. The van der Waals surface area contributed by atoms with Gasteiger partial charge in [-0.25, -0.2) is 9.59 Å². The van der Waals surface area contributed by atoms with Crippen LogP contribution in [0.4, 0.5) is 5.69 Å². The summed E-state index contributed by atoms with van der Waals surface area (Å²) in [6.45, 7) is 2.15. The number of hydrogen-bond acceptors (Lipinski definition) is 8. The van der Waals surface area contributed by atoms with E-state index in [0.717, 1.165) is 56.7 Å². The van der Waals surface area contributed by atoms with Gasteiger partial charge in [-0.1, -0.05) is 69.7 Å². The fourth-order valence-electron chi connectivity index (χ4n) is 5.57. The minimum Gasteiger partial charge on any atom is -0.481 e. The molecule has 0 aromatic heterocycles. The Balaban J connectivity index is 2.02. The number of carbonyl (C=O) groups is 5. The van der Waals surface area contributed by atoms with Crippen molar-refractivity contribution < 1.29 is 49.1 Å². The first-order valence-electron chi connectivity index (χ1n) is 17.7. The molecule has 2 rings (SSSR count). The van der Waals surface area contributed by atoms with Crippen molar-refractivity contribution in [1.29, 1.82) is 0 Å². The van der Waals surface area contributed by atoms with E-state index < -0.39 is 47.8 Å². The molecule has 0 heterocycles. The van der Waals surface area contributed by atoms with Crippen LogP contribution in [-0.4, -0.2) is 75.8 Å². The van der Waals surface area contributed by atoms with Gasteiger partial charge in [-0.15, -0.1) is 0 Å². The van der Waals surface area contributed by atoms with E-state index in [1.165, 1.54) is 12.5 Å². The zero-order valence-electron chi connectivity index (χ0n) is 30.0. The van der Waals surface area contributed by atoms with Crippen LogP contribution in [0.5, 0.6) is 11.5 Å². The molecule has 0 radical (unpaired) electrons. The van der Waals surface area contributed by atoms with Crippen LogP contribution < -0.4 is 15.0 Å². The molecule has 1 amide bonds. The molecule has 0 bridgehead atoms. The van der Waals surface area contributed by atoms with Gasteiger partial charge in [-0.05, 0) is 67.6 Å². The standard InChI is InChI=1S/C39H54N2O10/c1-4-5-6-9-12-15-30(42)16-13-10-7-8-11-14-17-33(39(50,38(48)49)27-35(43)44)36(45)40-34(37(46)47)26-28-18-22-31(23-19-28)51-32-24-20-29(21-25-32)41(2)3/h14,17-25,33-34,50H,4-13,15-16,26-27H2,1-3H3,(H,40,45)(H,43,44)(H,46,47)(H,48,49)/b17-14+/t33-,34+,39+/m1/s1. The normalized spacial score (nSPS) is 13.6. The van der Waals surface area contributed by atoms with Crippen molar-refractivity contribution in [3.05, 3.63) is 66.2 Å². The molecule has 12 heteroatoms. The minimum absolute atomic E-state index is 0.179. The van der Waals surface area contributed by atoms with Gasteiger partial charge in [0.05, 0.1) is 12.3 Å². The first-order chi connectivity index (χ1) is 24.3. The molecule has 0 unspecified atom stereocenters. The number of rotatable bonds is 26. The lowest BCUT2D eigenvalue weighted by molar-refractivity contribution is -0.172. The third kappa shape index (κ3) is 15.4. The average molecular weight is 711 g/mol. The van der Waals surface area contributed by atoms with E-state index in [9.17, 15) is 44.4 Å². The van der Waals surface area contributed by atoms with Crippen molar-refractivity contribution in [2.75, 3.05) is 19.0 Å². The van der Waals surface area contributed by atoms with Crippen molar-refractivity contribution >= 4 is 35.3 Å². The Bertz CT molecular complexity index is 1440. The number of Topliss-reactive ketones (excluding diaryl/α,β-unsaturated/α-hetero) is 1. The molecule has 2 aromatic carbocycles. The van der Waals surface area contributed by atoms with E-state index in [2.05, 4.69) is 12.2 Å². The van der Waals surface area contributed by atoms with Gasteiger partial charge in [0.25, 0.3) is 0 Å². The number of hydrogen-bond donors (Lipinski definition) is 5. The number of aliphatic carboxylic acids is 3. The smallest absolute Gasteiger partial charge is 0.337 e. The molecule has 0 aliphatic heterocycles. The quantitative estimate of drug-likeness (QED) is 0.0537.